The lowest BCUT2D eigenvalue weighted by Gasteiger charge is -2.37. The second-order valence-electron chi connectivity index (χ2n) is 7.05. The van der Waals surface area contributed by atoms with Gasteiger partial charge in [0.15, 0.2) is 11.5 Å². The molecular formula is C22H26BrNO5. The standard InChI is InChI=1S/C22H26BrNO5/c1-27-16-6-4-14(5-7-16)21(24-10-8-15(9-11-24)22(25)26)17-12-19(28-2)20(29-3)13-18(17)23/h4-7,12-13,15,21H,8-11H2,1-3H3,(H,25,26). The van der Waals surface area contributed by atoms with E-state index in [4.69, 9.17) is 14.2 Å². The zero-order valence-corrected chi connectivity index (χ0v) is 18.4. The molecule has 0 saturated carbocycles. The van der Waals surface area contributed by atoms with Crippen LogP contribution in [0.5, 0.6) is 17.2 Å². The van der Waals surface area contributed by atoms with Crippen LogP contribution in [0.2, 0.25) is 0 Å². The number of hydrogen-bond donors (Lipinski definition) is 1. The number of methoxy groups -OCH3 is 3. The molecule has 0 bridgehead atoms. The van der Waals surface area contributed by atoms with E-state index < -0.39 is 5.97 Å². The molecule has 0 amide bonds. The minimum Gasteiger partial charge on any atom is -0.497 e. The topological polar surface area (TPSA) is 68.2 Å². The van der Waals surface area contributed by atoms with Crippen molar-refractivity contribution in [1.82, 2.24) is 4.90 Å². The Balaban J connectivity index is 2.02. The fraction of sp³-hybridized carbons (Fsp3) is 0.409. The molecule has 0 aromatic heterocycles. The maximum atomic E-state index is 11.4. The van der Waals surface area contributed by atoms with Crippen LogP contribution < -0.4 is 14.2 Å². The quantitative estimate of drug-likeness (QED) is 0.657. The van der Waals surface area contributed by atoms with Gasteiger partial charge in [-0.3, -0.25) is 9.69 Å². The molecule has 2 aromatic carbocycles. The molecule has 1 aliphatic heterocycles. The number of aliphatic carboxylic acids is 1. The van der Waals surface area contributed by atoms with Crippen molar-refractivity contribution in [3.63, 3.8) is 0 Å². The van der Waals surface area contributed by atoms with Crippen molar-refractivity contribution in [2.75, 3.05) is 34.4 Å². The summed E-state index contributed by atoms with van der Waals surface area (Å²) >= 11 is 3.70. The van der Waals surface area contributed by atoms with E-state index in [1.807, 2.05) is 24.3 Å². The summed E-state index contributed by atoms with van der Waals surface area (Å²) in [6, 6.07) is 11.8. The van der Waals surface area contributed by atoms with Crippen molar-refractivity contribution in [3.05, 3.63) is 52.0 Å². The van der Waals surface area contributed by atoms with E-state index in [0.29, 0.717) is 37.4 Å². The normalized spacial score (nSPS) is 16.3. The molecule has 1 aliphatic rings. The lowest BCUT2D eigenvalue weighted by Crippen LogP contribution is -2.39. The van der Waals surface area contributed by atoms with Gasteiger partial charge in [-0.1, -0.05) is 28.1 Å². The monoisotopic (exact) mass is 463 g/mol. The largest absolute Gasteiger partial charge is 0.497 e. The lowest BCUT2D eigenvalue weighted by molar-refractivity contribution is -0.143. The molecule has 7 heteroatoms. The van der Waals surface area contributed by atoms with E-state index in [2.05, 4.69) is 33.0 Å². The van der Waals surface area contributed by atoms with Crippen LogP contribution >= 0.6 is 15.9 Å². The van der Waals surface area contributed by atoms with Crippen molar-refractivity contribution in [3.8, 4) is 17.2 Å². The summed E-state index contributed by atoms with van der Waals surface area (Å²) in [5.41, 5.74) is 2.15. The number of piperidine rings is 1. The van der Waals surface area contributed by atoms with Crippen molar-refractivity contribution in [2.24, 2.45) is 5.92 Å². The van der Waals surface area contributed by atoms with Crippen LogP contribution in [0.4, 0.5) is 0 Å². The summed E-state index contributed by atoms with van der Waals surface area (Å²) in [6.45, 7) is 1.41. The molecule has 1 unspecified atom stereocenters. The molecule has 0 aliphatic carbocycles. The van der Waals surface area contributed by atoms with Gasteiger partial charge in [0.1, 0.15) is 5.75 Å². The Bertz CT molecular complexity index is 847. The summed E-state index contributed by atoms with van der Waals surface area (Å²) in [6.07, 6.45) is 1.26. The molecular weight excluding hydrogens is 438 g/mol. The van der Waals surface area contributed by atoms with Crippen molar-refractivity contribution >= 4 is 21.9 Å². The second kappa shape index (κ2) is 9.50. The number of ether oxygens (including phenoxy) is 3. The third kappa shape index (κ3) is 4.67. The fourth-order valence-corrected chi connectivity index (χ4v) is 4.40. The molecule has 1 atom stereocenters. The highest BCUT2D eigenvalue weighted by molar-refractivity contribution is 9.10. The predicted octanol–water partition coefficient (Wildman–Crippen LogP) is 4.36. The van der Waals surface area contributed by atoms with Crippen molar-refractivity contribution in [1.29, 1.82) is 0 Å². The molecule has 0 spiro atoms. The number of likely N-dealkylation sites (tertiary alicyclic amines) is 1. The van der Waals surface area contributed by atoms with E-state index in [9.17, 15) is 9.90 Å². The maximum absolute atomic E-state index is 11.4. The Morgan fingerprint density at radius 3 is 2.14 bits per heavy atom. The van der Waals surface area contributed by atoms with Crippen molar-refractivity contribution < 1.29 is 24.1 Å². The van der Waals surface area contributed by atoms with E-state index in [1.165, 1.54) is 0 Å². The van der Waals surface area contributed by atoms with Gasteiger partial charge in [0.05, 0.1) is 33.3 Å². The van der Waals surface area contributed by atoms with Gasteiger partial charge in [-0.2, -0.15) is 0 Å². The number of benzene rings is 2. The molecule has 2 aromatic rings. The first kappa shape index (κ1) is 21.5. The van der Waals surface area contributed by atoms with Crippen LogP contribution in [0.3, 0.4) is 0 Å². The number of nitrogens with zero attached hydrogens (tertiary/aromatic N) is 1. The first-order valence-corrected chi connectivity index (χ1v) is 10.3. The fourth-order valence-electron chi connectivity index (χ4n) is 3.86. The highest BCUT2D eigenvalue weighted by Crippen LogP contribution is 2.41. The number of halogens is 1. The molecule has 0 radical (unpaired) electrons. The van der Waals surface area contributed by atoms with Crippen LogP contribution in [0.15, 0.2) is 40.9 Å². The average Bonchev–Trinajstić information content (AvgIpc) is 2.75. The Hall–Kier alpha value is -2.25. The number of carbonyl (C=O) groups is 1. The Morgan fingerprint density at radius 1 is 1.03 bits per heavy atom. The van der Waals surface area contributed by atoms with Gasteiger partial charge in [0.2, 0.25) is 0 Å². The molecule has 1 N–H and O–H groups in total. The van der Waals surface area contributed by atoms with Crippen LogP contribution in [0.25, 0.3) is 0 Å². The molecule has 6 nitrogen and oxygen atoms in total. The summed E-state index contributed by atoms with van der Waals surface area (Å²) in [4.78, 5) is 13.7. The van der Waals surface area contributed by atoms with Gasteiger partial charge in [-0.05, 0) is 61.3 Å². The number of hydrogen-bond acceptors (Lipinski definition) is 5. The first-order valence-electron chi connectivity index (χ1n) is 9.50. The first-order chi connectivity index (χ1) is 14.0. The minimum absolute atomic E-state index is 0.0511. The molecule has 3 rings (SSSR count). The van der Waals surface area contributed by atoms with Gasteiger partial charge >= 0.3 is 5.97 Å². The number of rotatable bonds is 7. The highest BCUT2D eigenvalue weighted by Gasteiger charge is 2.31. The summed E-state index contributed by atoms with van der Waals surface area (Å²) in [5.74, 6) is 1.11. The lowest BCUT2D eigenvalue weighted by atomic mass is 9.91. The van der Waals surface area contributed by atoms with E-state index in [-0.39, 0.29) is 12.0 Å². The van der Waals surface area contributed by atoms with Crippen molar-refractivity contribution in [2.45, 2.75) is 18.9 Å². The Morgan fingerprint density at radius 2 is 1.62 bits per heavy atom. The van der Waals surface area contributed by atoms with E-state index in [1.54, 1.807) is 21.3 Å². The van der Waals surface area contributed by atoms with Crippen LogP contribution in [-0.4, -0.2) is 50.4 Å². The summed E-state index contributed by atoms with van der Waals surface area (Å²) in [5, 5.41) is 9.35. The minimum atomic E-state index is -0.710. The van der Waals surface area contributed by atoms with Crippen LogP contribution in [0.1, 0.15) is 30.0 Å². The third-order valence-corrected chi connectivity index (χ3v) is 6.16. The molecule has 29 heavy (non-hydrogen) atoms. The van der Waals surface area contributed by atoms with Gasteiger partial charge in [-0.15, -0.1) is 0 Å². The Kier molecular flexibility index (Phi) is 7.03. The number of carboxylic acids is 1. The van der Waals surface area contributed by atoms with E-state index in [0.717, 1.165) is 21.3 Å². The van der Waals surface area contributed by atoms with Crippen LogP contribution in [0, 0.1) is 5.92 Å². The second-order valence-corrected chi connectivity index (χ2v) is 7.91. The van der Waals surface area contributed by atoms with Gasteiger partial charge in [0, 0.05) is 4.47 Å². The summed E-state index contributed by atoms with van der Waals surface area (Å²) < 4.78 is 17.2. The zero-order valence-electron chi connectivity index (χ0n) is 16.9. The highest BCUT2D eigenvalue weighted by atomic mass is 79.9. The summed E-state index contributed by atoms with van der Waals surface area (Å²) in [7, 11) is 4.88. The zero-order chi connectivity index (χ0) is 21.0. The third-order valence-electron chi connectivity index (χ3n) is 5.47. The average molecular weight is 464 g/mol. The molecule has 156 valence electrons. The maximum Gasteiger partial charge on any atom is 0.306 e. The molecule has 1 fully saturated rings. The smallest absolute Gasteiger partial charge is 0.306 e. The van der Waals surface area contributed by atoms with Crippen LogP contribution in [-0.2, 0) is 4.79 Å². The predicted molar refractivity (Wildman–Crippen MR) is 114 cm³/mol. The number of carboxylic acid groups (broad SMARTS) is 1. The van der Waals surface area contributed by atoms with Gasteiger partial charge < -0.3 is 19.3 Å². The molecule has 1 saturated heterocycles. The SMILES string of the molecule is COc1ccc(C(c2cc(OC)c(OC)cc2Br)N2CCC(C(=O)O)CC2)cc1. The van der Waals surface area contributed by atoms with Gasteiger partial charge in [-0.25, -0.2) is 0 Å². The van der Waals surface area contributed by atoms with E-state index >= 15 is 0 Å². The van der Waals surface area contributed by atoms with Gasteiger partial charge in [0.25, 0.3) is 0 Å². The Labute approximate surface area is 179 Å². The molecule has 1 heterocycles.